The molecule has 0 aromatic carbocycles. The topological polar surface area (TPSA) is 59.8 Å². The Morgan fingerprint density at radius 2 is 2.18 bits per heavy atom. The Hall–Kier alpha value is -1.69. The summed E-state index contributed by atoms with van der Waals surface area (Å²) in [7, 11) is 1.67. The summed E-state index contributed by atoms with van der Waals surface area (Å²) in [5.41, 5.74) is 1.47. The van der Waals surface area contributed by atoms with Gasteiger partial charge in [0, 0.05) is 18.9 Å². The van der Waals surface area contributed by atoms with Gasteiger partial charge in [-0.2, -0.15) is 0 Å². The van der Waals surface area contributed by atoms with Gasteiger partial charge in [0.2, 0.25) is 0 Å². The minimum Gasteiger partial charge on any atom is -0.334 e. The lowest BCUT2D eigenvalue weighted by atomic mass is 10.3. The first-order valence-corrected chi connectivity index (χ1v) is 5.78. The zero-order valence-electron chi connectivity index (χ0n) is 9.44. The fraction of sp³-hybridized carbons (Fsp3) is 0.182. The Labute approximate surface area is 107 Å². The number of nitrogens with one attached hydrogen (secondary N) is 1. The van der Waals surface area contributed by atoms with E-state index >= 15 is 0 Å². The molecule has 0 bridgehead atoms. The summed E-state index contributed by atoms with van der Waals surface area (Å²) in [5.74, 6) is 0.271. The average molecular weight is 295 g/mol. The van der Waals surface area contributed by atoms with E-state index in [1.165, 1.54) is 4.57 Å². The van der Waals surface area contributed by atoms with Crippen LogP contribution in [0.5, 0.6) is 0 Å². The summed E-state index contributed by atoms with van der Waals surface area (Å²) in [6.07, 6.45) is 3.28. The Morgan fingerprint density at radius 1 is 1.41 bits per heavy atom. The molecule has 0 unspecified atom stereocenters. The van der Waals surface area contributed by atoms with Gasteiger partial charge in [0.15, 0.2) is 5.82 Å². The van der Waals surface area contributed by atoms with E-state index in [1.54, 1.807) is 19.4 Å². The molecular formula is C11H11BrN4O. The molecule has 1 N–H and O–H groups in total. The van der Waals surface area contributed by atoms with Crippen LogP contribution in [0.3, 0.4) is 0 Å². The minimum absolute atomic E-state index is 0.186. The van der Waals surface area contributed by atoms with Crippen molar-refractivity contribution in [1.82, 2.24) is 14.5 Å². The van der Waals surface area contributed by atoms with E-state index in [2.05, 4.69) is 31.2 Å². The van der Waals surface area contributed by atoms with Crippen molar-refractivity contribution in [3.8, 4) is 0 Å². The van der Waals surface area contributed by atoms with E-state index in [9.17, 15) is 4.79 Å². The maximum absolute atomic E-state index is 11.8. The first kappa shape index (κ1) is 11.8. The molecule has 2 heterocycles. The van der Waals surface area contributed by atoms with Crippen LogP contribution < -0.4 is 10.9 Å². The van der Waals surface area contributed by atoms with Crippen molar-refractivity contribution in [2.75, 3.05) is 5.32 Å². The highest BCUT2D eigenvalue weighted by Gasteiger charge is 2.05. The molecule has 88 valence electrons. The summed E-state index contributed by atoms with van der Waals surface area (Å²) < 4.78 is 2.06. The minimum atomic E-state index is -0.186. The Morgan fingerprint density at radius 3 is 2.82 bits per heavy atom. The van der Waals surface area contributed by atoms with Crippen molar-refractivity contribution in [2.45, 2.75) is 6.92 Å². The van der Waals surface area contributed by atoms with E-state index in [0.29, 0.717) is 4.60 Å². The Kier molecular flexibility index (Phi) is 3.23. The number of aromatic nitrogens is 3. The molecule has 2 rings (SSSR count). The van der Waals surface area contributed by atoms with Crippen LogP contribution in [0.2, 0.25) is 0 Å². The van der Waals surface area contributed by atoms with Crippen molar-refractivity contribution < 1.29 is 0 Å². The van der Waals surface area contributed by atoms with E-state index in [4.69, 9.17) is 0 Å². The van der Waals surface area contributed by atoms with Gasteiger partial charge in [0.25, 0.3) is 5.56 Å². The van der Waals surface area contributed by atoms with Crippen LogP contribution in [-0.2, 0) is 7.05 Å². The molecule has 2 aromatic rings. The molecule has 17 heavy (non-hydrogen) atoms. The third-order valence-electron chi connectivity index (χ3n) is 2.22. The highest BCUT2D eigenvalue weighted by Crippen LogP contribution is 2.12. The van der Waals surface area contributed by atoms with Gasteiger partial charge in [-0.15, -0.1) is 0 Å². The molecule has 0 atom stereocenters. The fourth-order valence-corrected chi connectivity index (χ4v) is 1.81. The van der Waals surface area contributed by atoms with Crippen molar-refractivity contribution >= 4 is 27.4 Å². The Bertz CT molecular complexity index is 591. The standard InChI is InChI=1S/C11H11BrN4O/c1-7-3-4-8(5-13-7)14-10-11(17)16(2)6-9(12)15-10/h3-6H,1-2H3,(H,14,15). The summed E-state index contributed by atoms with van der Waals surface area (Å²) in [6.45, 7) is 1.90. The summed E-state index contributed by atoms with van der Waals surface area (Å²) >= 11 is 3.25. The first-order chi connectivity index (χ1) is 8.06. The molecule has 0 aliphatic heterocycles. The fourth-order valence-electron chi connectivity index (χ4n) is 1.33. The molecule has 0 aliphatic carbocycles. The van der Waals surface area contributed by atoms with Gasteiger partial charge in [-0.25, -0.2) is 4.98 Å². The van der Waals surface area contributed by atoms with Gasteiger partial charge < -0.3 is 9.88 Å². The zero-order chi connectivity index (χ0) is 12.4. The summed E-state index contributed by atoms with van der Waals surface area (Å²) in [5, 5.41) is 2.94. The molecule has 0 saturated heterocycles. The van der Waals surface area contributed by atoms with Crippen LogP contribution in [0.4, 0.5) is 11.5 Å². The van der Waals surface area contributed by atoms with E-state index in [-0.39, 0.29) is 11.4 Å². The Balaban J connectivity index is 2.36. The number of pyridine rings is 1. The quantitative estimate of drug-likeness (QED) is 0.920. The molecule has 5 nitrogen and oxygen atoms in total. The second-order valence-corrected chi connectivity index (χ2v) is 4.45. The second kappa shape index (κ2) is 4.67. The van der Waals surface area contributed by atoms with Crippen LogP contribution in [0.15, 0.2) is 33.9 Å². The molecule has 0 aliphatic rings. The van der Waals surface area contributed by atoms with Crippen molar-refractivity contribution in [3.05, 3.63) is 45.2 Å². The number of nitrogens with zero attached hydrogens (tertiary/aromatic N) is 3. The van der Waals surface area contributed by atoms with E-state index < -0.39 is 0 Å². The second-order valence-electron chi connectivity index (χ2n) is 3.64. The van der Waals surface area contributed by atoms with Crippen LogP contribution in [-0.4, -0.2) is 14.5 Å². The molecule has 6 heteroatoms. The molecule has 0 fully saturated rings. The third kappa shape index (κ3) is 2.71. The number of aryl methyl sites for hydroxylation is 2. The number of anilines is 2. The lowest BCUT2D eigenvalue weighted by Crippen LogP contribution is -2.21. The number of halogens is 1. The van der Waals surface area contributed by atoms with Gasteiger partial charge in [-0.3, -0.25) is 9.78 Å². The molecular weight excluding hydrogens is 284 g/mol. The zero-order valence-corrected chi connectivity index (χ0v) is 11.0. The normalized spacial score (nSPS) is 10.3. The predicted molar refractivity (Wildman–Crippen MR) is 69.4 cm³/mol. The highest BCUT2D eigenvalue weighted by atomic mass is 79.9. The average Bonchev–Trinajstić information content (AvgIpc) is 2.28. The van der Waals surface area contributed by atoms with E-state index in [1.807, 2.05) is 19.1 Å². The maximum atomic E-state index is 11.8. The van der Waals surface area contributed by atoms with Crippen LogP contribution >= 0.6 is 15.9 Å². The highest BCUT2D eigenvalue weighted by molar-refractivity contribution is 9.10. The molecule has 0 spiro atoms. The van der Waals surface area contributed by atoms with Gasteiger partial charge in [0.1, 0.15) is 4.60 Å². The van der Waals surface area contributed by atoms with Crippen LogP contribution in [0, 0.1) is 6.92 Å². The summed E-state index contributed by atoms with van der Waals surface area (Å²) in [6, 6.07) is 3.72. The van der Waals surface area contributed by atoms with Crippen LogP contribution in [0.1, 0.15) is 5.69 Å². The third-order valence-corrected chi connectivity index (χ3v) is 2.60. The number of hydrogen-bond acceptors (Lipinski definition) is 4. The molecule has 2 aromatic heterocycles. The monoisotopic (exact) mass is 294 g/mol. The largest absolute Gasteiger partial charge is 0.334 e. The maximum Gasteiger partial charge on any atom is 0.293 e. The van der Waals surface area contributed by atoms with Crippen LogP contribution in [0.25, 0.3) is 0 Å². The van der Waals surface area contributed by atoms with Crippen molar-refractivity contribution in [1.29, 1.82) is 0 Å². The predicted octanol–water partition coefficient (Wildman–Crippen LogP) is 1.99. The van der Waals surface area contributed by atoms with E-state index in [0.717, 1.165) is 11.4 Å². The van der Waals surface area contributed by atoms with Gasteiger partial charge in [-0.05, 0) is 35.0 Å². The van der Waals surface area contributed by atoms with Gasteiger partial charge in [0.05, 0.1) is 11.9 Å². The lowest BCUT2D eigenvalue weighted by molar-refractivity contribution is 0.837. The summed E-state index contributed by atoms with van der Waals surface area (Å²) in [4.78, 5) is 20.0. The van der Waals surface area contributed by atoms with Gasteiger partial charge in [-0.1, -0.05) is 0 Å². The SMILES string of the molecule is Cc1ccc(Nc2nc(Br)cn(C)c2=O)cn1. The lowest BCUT2D eigenvalue weighted by Gasteiger charge is -2.06. The molecule has 0 radical (unpaired) electrons. The number of rotatable bonds is 2. The van der Waals surface area contributed by atoms with Crippen molar-refractivity contribution in [2.24, 2.45) is 7.05 Å². The smallest absolute Gasteiger partial charge is 0.293 e. The molecule has 0 amide bonds. The van der Waals surface area contributed by atoms with Crippen molar-refractivity contribution in [3.63, 3.8) is 0 Å². The molecule has 0 saturated carbocycles. The number of hydrogen-bond donors (Lipinski definition) is 1. The van der Waals surface area contributed by atoms with Gasteiger partial charge >= 0.3 is 0 Å². The first-order valence-electron chi connectivity index (χ1n) is 4.99.